The number of carbonyl (C=O) groups is 3. The summed E-state index contributed by atoms with van der Waals surface area (Å²) in [6.45, 7) is 7.32. The highest BCUT2D eigenvalue weighted by atomic mass is 19.1. The molecule has 1 aliphatic heterocycles. The van der Waals surface area contributed by atoms with Gasteiger partial charge in [0.2, 0.25) is 5.91 Å². The third-order valence-corrected chi connectivity index (χ3v) is 7.34. The number of aryl methyl sites for hydroxylation is 2. The normalized spacial score (nSPS) is 17.5. The molecule has 3 atom stereocenters. The quantitative estimate of drug-likeness (QED) is 0.316. The van der Waals surface area contributed by atoms with E-state index in [4.69, 9.17) is 9.26 Å². The fourth-order valence-corrected chi connectivity index (χ4v) is 4.77. The highest BCUT2D eigenvalue weighted by Crippen LogP contribution is 2.29. The molecular weight excluding hydrogens is 559 g/mol. The Labute approximate surface area is 249 Å². The molecule has 5 amide bonds. The van der Waals surface area contributed by atoms with Gasteiger partial charge < -0.3 is 40.1 Å². The number of aliphatic hydroxyl groups excluding tert-OH is 1. The lowest BCUT2D eigenvalue weighted by Crippen LogP contribution is -2.48. The minimum Gasteiger partial charge on any atom is -0.488 e. The first kappa shape index (κ1) is 31.3. The number of aromatic nitrogens is 1. The zero-order chi connectivity index (χ0) is 31.3. The van der Waals surface area contributed by atoms with Gasteiger partial charge in [-0.15, -0.1) is 0 Å². The second kappa shape index (κ2) is 13.6. The van der Waals surface area contributed by atoms with Crippen molar-refractivity contribution < 1.29 is 33.1 Å². The highest BCUT2D eigenvalue weighted by Gasteiger charge is 2.32. The molecule has 0 saturated carbocycles. The molecule has 0 saturated heterocycles. The summed E-state index contributed by atoms with van der Waals surface area (Å²) >= 11 is 0. The monoisotopic (exact) mass is 596 g/mol. The van der Waals surface area contributed by atoms with Crippen molar-refractivity contribution in [1.29, 1.82) is 0 Å². The number of rotatable bonds is 7. The number of hydrogen-bond acceptors (Lipinski definition) is 7. The van der Waals surface area contributed by atoms with E-state index in [1.165, 1.54) is 29.2 Å². The topological polar surface area (TPSA) is 149 Å². The fourth-order valence-electron chi connectivity index (χ4n) is 4.77. The van der Waals surface area contributed by atoms with Crippen LogP contribution in [0.3, 0.4) is 0 Å². The van der Waals surface area contributed by atoms with Crippen LogP contribution >= 0.6 is 0 Å². The molecule has 2 heterocycles. The van der Waals surface area contributed by atoms with Crippen LogP contribution in [0.25, 0.3) is 0 Å². The summed E-state index contributed by atoms with van der Waals surface area (Å²) < 4.78 is 24.8. The molecule has 4 rings (SSSR count). The van der Waals surface area contributed by atoms with Crippen molar-refractivity contribution in [2.45, 2.75) is 46.3 Å². The average molecular weight is 597 g/mol. The Hall–Kier alpha value is -4.65. The van der Waals surface area contributed by atoms with Crippen molar-refractivity contribution in [1.82, 2.24) is 15.0 Å². The summed E-state index contributed by atoms with van der Waals surface area (Å²) in [5.74, 6) is 0.0547. The predicted octanol–water partition coefficient (Wildman–Crippen LogP) is 4.39. The second-order valence-corrected chi connectivity index (χ2v) is 10.8. The number of likely N-dealkylation sites (N-methyl/N-ethyl adjacent to an activating group) is 1. The Kier molecular flexibility index (Phi) is 9.86. The SMILES string of the molecule is Cc1noc(C)c1NC(=O)Nc1ccc2c(c1)CC(=O)N([C@@H](C)CO)C[C@@H](C)[C@H](CN(C)C(=O)Nc1ccc(F)cc1)O2. The lowest BCUT2D eigenvalue weighted by molar-refractivity contribution is -0.134. The molecule has 0 unspecified atom stereocenters. The molecular formula is C30H37FN6O6. The van der Waals surface area contributed by atoms with Crippen LogP contribution in [0.15, 0.2) is 47.0 Å². The Morgan fingerprint density at radius 3 is 2.49 bits per heavy atom. The number of benzene rings is 2. The van der Waals surface area contributed by atoms with Gasteiger partial charge in [0.1, 0.15) is 29.1 Å². The molecule has 0 spiro atoms. The third-order valence-electron chi connectivity index (χ3n) is 7.34. The summed E-state index contributed by atoms with van der Waals surface area (Å²) in [5, 5.41) is 21.9. The van der Waals surface area contributed by atoms with Gasteiger partial charge in [-0.2, -0.15) is 0 Å². The maximum Gasteiger partial charge on any atom is 0.323 e. The van der Waals surface area contributed by atoms with E-state index >= 15 is 0 Å². The number of aliphatic hydroxyl groups is 1. The van der Waals surface area contributed by atoms with Gasteiger partial charge in [0.15, 0.2) is 5.76 Å². The Bertz CT molecular complexity index is 1440. The van der Waals surface area contributed by atoms with Gasteiger partial charge in [-0.25, -0.2) is 14.0 Å². The number of amides is 5. The van der Waals surface area contributed by atoms with Crippen LogP contribution in [0.4, 0.5) is 31.0 Å². The van der Waals surface area contributed by atoms with Crippen LogP contribution in [-0.4, -0.2) is 76.9 Å². The van der Waals surface area contributed by atoms with Crippen LogP contribution in [0.5, 0.6) is 5.75 Å². The third kappa shape index (κ3) is 7.80. The zero-order valence-corrected chi connectivity index (χ0v) is 24.8. The number of nitrogens with zero attached hydrogens (tertiary/aromatic N) is 3. The Morgan fingerprint density at radius 1 is 1.14 bits per heavy atom. The fraction of sp³-hybridized carbons (Fsp3) is 0.400. The second-order valence-electron chi connectivity index (χ2n) is 10.8. The van der Waals surface area contributed by atoms with Crippen molar-refractivity contribution in [3.05, 3.63) is 65.3 Å². The average Bonchev–Trinajstić information content (AvgIpc) is 3.30. The van der Waals surface area contributed by atoms with Gasteiger partial charge in [-0.3, -0.25) is 4.79 Å². The highest BCUT2D eigenvalue weighted by molar-refractivity contribution is 6.00. The molecule has 0 radical (unpaired) electrons. The van der Waals surface area contributed by atoms with Crippen molar-refractivity contribution in [2.75, 3.05) is 42.7 Å². The van der Waals surface area contributed by atoms with Gasteiger partial charge in [0.25, 0.3) is 0 Å². The van der Waals surface area contributed by atoms with Gasteiger partial charge in [-0.05, 0) is 63.2 Å². The molecule has 0 fully saturated rings. The summed E-state index contributed by atoms with van der Waals surface area (Å²) in [5.41, 5.74) is 2.42. The van der Waals surface area contributed by atoms with Gasteiger partial charge >= 0.3 is 12.1 Å². The van der Waals surface area contributed by atoms with Gasteiger partial charge in [0.05, 0.1) is 25.6 Å². The Morgan fingerprint density at radius 2 is 1.84 bits per heavy atom. The maximum atomic E-state index is 13.5. The minimum atomic E-state index is -0.538. The predicted molar refractivity (Wildman–Crippen MR) is 159 cm³/mol. The molecule has 3 aromatic rings. The molecule has 4 N–H and O–H groups in total. The molecule has 0 bridgehead atoms. The number of halogens is 1. The van der Waals surface area contributed by atoms with Crippen molar-refractivity contribution in [3.8, 4) is 5.75 Å². The molecule has 13 heteroatoms. The lowest BCUT2D eigenvalue weighted by atomic mass is 10.0. The Balaban J connectivity index is 1.56. The van der Waals surface area contributed by atoms with E-state index in [2.05, 4.69) is 21.1 Å². The number of fused-ring (bicyclic) bond motifs is 1. The molecule has 1 aromatic heterocycles. The summed E-state index contributed by atoms with van der Waals surface area (Å²) in [7, 11) is 1.62. The molecule has 2 aromatic carbocycles. The summed E-state index contributed by atoms with van der Waals surface area (Å²) in [6.07, 6.45) is -0.565. The molecule has 43 heavy (non-hydrogen) atoms. The largest absolute Gasteiger partial charge is 0.488 e. The van der Waals surface area contributed by atoms with E-state index in [-0.39, 0.29) is 37.9 Å². The first-order valence-electron chi connectivity index (χ1n) is 13.9. The molecule has 12 nitrogen and oxygen atoms in total. The van der Waals surface area contributed by atoms with E-state index in [9.17, 15) is 23.9 Å². The van der Waals surface area contributed by atoms with Gasteiger partial charge in [0, 0.05) is 36.4 Å². The van der Waals surface area contributed by atoms with E-state index in [1.807, 2.05) is 6.92 Å². The zero-order valence-electron chi connectivity index (χ0n) is 24.8. The lowest BCUT2D eigenvalue weighted by Gasteiger charge is -2.34. The van der Waals surface area contributed by atoms with Crippen LogP contribution in [0, 0.1) is 25.6 Å². The van der Waals surface area contributed by atoms with Crippen LogP contribution in [0.1, 0.15) is 30.9 Å². The van der Waals surface area contributed by atoms with Gasteiger partial charge in [-0.1, -0.05) is 12.1 Å². The summed E-state index contributed by atoms with van der Waals surface area (Å²) in [6, 6.07) is 9.09. The standard InChI is InChI=1S/C30H37FN6O6/c1-17-14-37(18(2)16-38)27(39)13-21-12-24(32-29(40)34-28-19(3)35-43-20(28)4)10-11-25(21)42-26(17)15-36(5)30(41)33-23-8-6-22(31)7-9-23/h6-12,17-18,26,38H,13-16H2,1-5H3,(H,33,41)(H2,32,34,40)/t17-,18+,26+/m1/s1. The van der Waals surface area contributed by atoms with Crippen molar-refractivity contribution in [2.24, 2.45) is 5.92 Å². The van der Waals surface area contributed by atoms with E-state index < -0.39 is 30.0 Å². The van der Waals surface area contributed by atoms with Crippen molar-refractivity contribution >= 4 is 35.0 Å². The first-order valence-corrected chi connectivity index (χ1v) is 13.9. The number of anilines is 3. The molecule has 0 aliphatic carbocycles. The number of carbonyl (C=O) groups excluding carboxylic acids is 3. The van der Waals surface area contributed by atoms with Crippen LogP contribution < -0.4 is 20.7 Å². The van der Waals surface area contributed by atoms with E-state index in [1.54, 1.807) is 50.9 Å². The van der Waals surface area contributed by atoms with E-state index in [0.717, 1.165) is 0 Å². The van der Waals surface area contributed by atoms with Crippen LogP contribution in [-0.2, 0) is 11.2 Å². The smallest absolute Gasteiger partial charge is 0.323 e. The maximum absolute atomic E-state index is 13.5. The minimum absolute atomic E-state index is 0.0268. The number of hydrogen-bond donors (Lipinski definition) is 4. The van der Waals surface area contributed by atoms with E-state index in [0.29, 0.717) is 39.8 Å². The van der Waals surface area contributed by atoms with Crippen LogP contribution in [0.2, 0.25) is 0 Å². The first-order chi connectivity index (χ1) is 20.4. The van der Waals surface area contributed by atoms with Crippen molar-refractivity contribution in [3.63, 3.8) is 0 Å². The molecule has 1 aliphatic rings. The molecule has 230 valence electrons. The number of ether oxygens (including phenoxy) is 1. The summed E-state index contributed by atoms with van der Waals surface area (Å²) in [4.78, 5) is 42.2. The number of urea groups is 2. The number of nitrogens with one attached hydrogen (secondary N) is 3.